The molecule has 0 aliphatic heterocycles. The first-order valence-corrected chi connectivity index (χ1v) is 7.44. The second kappa shape index (κ2) is 7.40. The number of hydrogen-bond acceptors (Lipinski definition) is 2. The van der Waals surface area contributed by atoms with Crippen LogP contribution in [0.25, 0.3) is 6.08 Å². The smallest absolute Gasteiger partial charge is 0.248 e. The zero-order valence-corrected chi connectivity index (χ0v) is 13.2. The van der Waals surface area contributed by atoms with Crippen molar-refractivity contribution in [3.8, 4) is 0 Å². The van der Waals surface area contributed by atoms with E-state index < -0.39 is 5.91 Å². The molecule has 0 aromatic heterocycles. The van der Waals surface area contributed by atoms with E-state index in [0.29, 0.717) is 17.2 Å². The zero-order chi connectivity index (χ0) is 16.8. The molecule has 3 N–H and O–H groups in total. The Balaban J connectivity index is 2.01. The zero-order valence-electron chi connectivity index (χ0n) is 13.2. The molecule has 2 rings (SSSR count). The Morgan fingerprint density at radius 1 is 1.09 bits per heavy atom. The van der Waals surface area contributed by atoms with Crippen molar-refractivity contribution in [2.75, 3.05) is 5.32 Å². The topological polar surface area (TPSA) is 72.2 Å². The van der Waals surface area contributed by atoms with Gasteiger partial charge >= 0.3 is 0 Å². The molecule has 0 aliphatic rings. The SMILES string of the molecule is CC(C)c1ccc(/C=C/C(=O)Nc2cccc(C(N)=O)c2)cc1. The Hall–Kier alpha value is -2.88. The van der Waals surface area contributed by atoms with E-state index in [4.69, 9.17) is 5.73 Å². The van der Waals surface area contributed by atoms with Gasteiger partial charge in [0.05, 0.1) is 0 Å². The molecule has 0 fully saturated rings. The average molecular weight is 308 g/mol. The molecule has 118 valence electrons. The van der Waals surface area contributed by atoms with Gasteiger partial charge < -0.3 is 11.1 Å². The highest BCUT2D eigenvalue weighted by Gasteiger charge is 2.03. The summed E-state index contributed by atoms with van der Waals surface area (Å²) in [6.07, 6.45) is 3.21. The maximum absolute atomic E-state index is 11.9. The van der Waals surface area contributed by atoms with E-state index in [9.17, 15) is 9.59 Å². The first kappa shape index (κ1) is 16.5. The predicted octanol–water partition coefficient (Wildman–Crippen LogP) is 3.56. The first-order valence-electron chi connectivity index (χ1n) is 7.44. The minimum absolute atomic E-state index is 0.264. The third-order valence-electron chi connectivity index (χ3n) is 3.44. The molecule has 4 heteroatoms. The van der Waals surface area contributed by atoms with Gasteiger partial charge in [0.25, 0.3) is 0 Å². The van der Waals surface area contributed by atoms with Crippen LogP contribution < -0.4 is 11.1 Å². The molecule has 0 bridgehead atoms. The summed E-state index contributed by atoms with van der Waals surface area (Å²) in [5, 5.41) is 2.70. The van der Waals surface area contributed by atoms with Crippen LogP contribution in [0.2, 0.25) is 0 Å². The van der Waals surface area contributed by atoms with Crippen molar-refractivity contribution < 1.29 is 9.59 Å². The fourth-order valence-corrected chi connectivity index (χ4v) is 2.10. The number of hydrogen-bond donors (Lipinski definition) is 2. The van der Waals surface area contributed by atoms with Crippen molar-refractivity contribution in [3.05, 3.63) is 71.3 Å². The summed E-state index contributed by atoms with van der Waals surface area (Å²) in [7, 11) is 0. The van der Waals surface area contributed by atoms with E-state index >= 15 is 0 Å². The molecule has 0 saturated carbocycles. The number of carbonyl (C=O) groups is 2. The second-order valence-electron chi connectivity index (χ2n) is 5.59. The molecule has 2 aromatic carbocycles. The molecule has 4 nitrogen and oxygen atoms in total. The highest BCUT2D eigenvalue weighted by atomic mass is 16.1. The van der Waals surface area contributed by atoms with Crippen molar-refractivity contribution in [1.82, 2.24) is 0 Å². The van der Waals surface area contributed by atoms with Crippen LogP contribution in [0, 0.1) is 0 Å². The maximum Gasteiger partial charge on any atom is 0.248 e. The number of primary amides is 1. The number of amides is 2. The molecular weight excluding hydrogens is 288 g/mol. The van der Waals surface area contributed by atoms with Crippen LogP contribution in [0.5, 0.6) is 0 Å². The summed E-state index contributed by atoms with van der Waals surface area (Å²) >= 11 is 0. The minimum Gasteiger partial charge on any atom is -0.366 e. The molecule has 0 aliphatic carbocycles. The summed E-state index contributed by atoms with van der Waals surface area (Å²) in [4.78, 5) is 23.0. The van der Waals surface area contributed by atoms with Crippen LogP contribution in [-0.2, 0) is 4.79 Å². The molecule has 2 aromatic rings. The van der Waals surface area contributed by atoms with Gasteiger partial charge in [0.2, 0.25) is 11.8 Å². The number of anilines is 1. The molecule has 0 saturated heterocycles. The molecule has 0 radical (unpaired) electrons. The van der Waals surface area contributed by atoms with Crippen molar-refractivity contribution >= 4 is 23.6 Å². The lowest BCUT2D eigenvalue weighted by atomic mass is 10.0. The Kier molecular flexibility index (Phi) is 5.31. The molecule has 0 unspecified atom stereocenters. The van der Waals surface area contributed by atoms with Gasteiger partial charge in [-0.2, -0.15) is 0 Å². The second-order valence-corrected chi connectivity index (χ2v) is 5.59. The van der Waals surface area contributed by atoms with Crippen LogP contribution >= 0.6 is 0 Å². The van der Waals surface area contributed by atoms with Crippen LogP contribution in [0.4, 0.5) is 5.69 Å². The minimum atomic E-state index is -0.526. The van der Waals surface area contributed by atoms with E-state index in [0.717, 1.165) is 5.56 Å². The Morgan fingerprint density at radius 3 is 2.39 bits per heavy atom. The summed E-state index contributed by atoms with van der Waals surface area (Å²) in [5.41, 5.74) is 8.32. The van der Waals surface area contributed by atoms with Gasteiger partial charge in [-0.3, -0.25) is 9.59 Å². The number of rotatable bonds is 5. The van der Waals surface area contributed by atoms with Crippen LogP contribution in [0.3, 0.4) is 0 Å². The van der Waals surface area contributed by atoms with Crippen molar-refractivity contribution in [3.63, 3.8) is 0 Å². The molecule has 2 amide bonds. The van der Waals surface area contributed by atoms with Gasteiger partial charge in [0.15, 0.2) is 0 Å². The third-order valence-corrected chi connectivity index (χ3v) is 3.44. The van der Waals surface area contributed by atoms with Gasteiger partial charge in [-0.25, -0.2) is 0 Å². The highest BCUT2D eigenvalue weighted by molar-refractivity contribution is 6.03. The first-order chi connectivity index (χ1) is 11.0. The van der Waals surface area contributed by atoms with E-state index in [1.807, 2.05) is 12.1 Å². The van der Waals surface area contributed by atoms with Gasteiger partial charge in [0, 0.05) is 17.3 Å². The lowest BCUT2D eigenvalue weighted by molar-refractivity contribution is -0.111. The summed E-state index contributed by atoms with van der Waals surface area (Å²) < 4.78 is 0. The standard InChI is InChI=1S/C19H20N2O2/c1-13(2)15-9-6-14(7-10-15)8-11-18(22)21-17-5-3-4-16(12-17)19(20)23/h3-13H,1-2H3,(H2,20,23)(H,21,22)/b11-8+. The molecule has 0 heterocycles. The Bertz CT molecular complexity index is 731. The largest absolute Gasteiger partial charge is 0.366 e. The van der Waals surface area contributed by atoms with E-state index in [1.54, 1.807) is 30.3 Å². The lowest BCUT2D eigenvalue weighted by Crippen LogP contribution is -2.12. The van der Waals surface area contributed by atoms with E-state index in [-0.39, 0.29) is 5.91 Å². The molecule has 23 heavy (non-hydrogen) atoms. The number of nitrogens with one attached hydrogen (secondary N) is 1. The van der Waals surface area contributed by atoms with Gasteiger partial charge in [-0.1, -0.05) is 44.2 Å². The van der Waals surface area contributed by atoms with E-state index in [1.165, 1.54) is 11.6 Å². The quantitative estimate of drug-likeness (QED) is 0.829. The predicted molar refractivity (Wildman–Crippen MR) is 93.2 cm³/mol. The fraction of sp³-hybridized carbons (Fsp3) is 0.158. The molecule has 0 atom stereocenters. The monoisotopic (exact) mass is 308 g/mol. The van der Waals surface area contributed by atoms with Crippen molar-refractivity contribution in [2.24, 2.45) is 5.73 Å². The molecular formula is C19H20N2O2. The van der Waals surface area contributed by atoms with E-state index in [2.05, 4.69) is 31.3 Å². The lowest BCUT2D eigenvalue weighted by Gasteiger charge is -2.05. The summed E-state index contributed by atoms with van der Waals surface area (Å²) in [5.74, 6) is -0.310. The number of benzene rings is 2. The van der Waals surface area contributed by atoms with Gasteiger partial charge in [-0.15, -0.1) is 0 Å². The van der Waals surface area contributed by atoms with Crippen LogP contribution in [-0.4, -0.2) is 11.8 Å². The van der Waals surface area contributed by atoms with Crippen molar-refractivity contribution in [1.29, 1.82) is 0 Å². The van der Waals surface area contributed by atoms with Crippen LogP contribution in [0.15, 0.2) is 54.6 Å². The average Bonchev–Trinajstić information content (AvgIpc) is 2.53. The molecule has 0 spiro atoms. The normalized spacial score (nSPS) is 10.9. The third kappa shape index (κ3) is 4.81. The van der Waals surface area contributed by atoms with Gasteiger partial charge in [0.1, 0.15) is 0 Å². The fourth-order valence-electron chi connectivity index (χ4n) is 2.10. The highest BCUT2D eigenvalue weighted by Crippen LogP contribution is 2.15. The maximum atomic E-state index is 11.9. The summed E-state index contributed by atoms with van der Waals surface area (Å²) in [6, 6.07) is 14.6. The number of nitrogens with two attached hydrogens (primary N) is 1. The number of carbonyl (C=O) groups excluding carboxylic acids is 2. The van der Waals surface area contributed by atoms with Crippen molar-refractivity contribution in [2.45, 2.75) is 19.8 Å². The Morgan fingerprint density at radius 2 is 1.78 bits per heavy atom. The van der Waals surface area contributed by atoms with Gasteiger partial charge in [-0.05, 0) is 41.3 Å². The van der Waals surface area contributed by atoms with Crippen LogP contribution in [0.1, 0.15) is 41.3 Å². The Labute approximate surface area is 136 Å². The summed E-state index contributed by atoms with van der Waals surface area (Å²) in [6.45, 7) is 4.27.